The molecule has 0 heterocycles. The number of β-amino-alcohol motifs (C(OH)–C–C–N with tert-alkyl or cyclic N) is 1. The molecule has 1 atom stereocenters. The number of nitrogens with one attached hydrogen (secondary N) is 1. The molecule has 3 aromatic carbocycles. The maximum atomic E-state index is 13.8. The quantitative estimate of drug-likeness (QED) is 0.297. The number of halogens is 1. The number of benzene rings is 3. The zero-order valence-corrected chi connectivity index (χ0v) is 21.5. The molecule has 0 unspecified atom stereocenters. The predicted octanol–water partition coefficient (Wildman–Crippen LogP) is 5.34. The van der Waals surface area contributed by atoms with Crippen LogP contribution in [0, 0.1) is 19.7 Å². The van der Waals surface area contributed by atoms with Crippen molar-refractivity contribution in [2.24, 2.45) is 0 Å². The van der Waals surface area contributed by atoms with Crippen LogP contribution in [0.5, 0.6) is 0 Å². The summed E-state index contributed by atoms with van der Waals surface area (Å²) in [6.45, 7) is 8.63. The number of aliphatic hydroxyl groups is 1. The van der Waals surface area contributed by atoms with Gasteiger partial charge in [0.05, 0.1) is 24.9 Å². The molecule has 3 N–H and O–H groups in total. The number of hydrogen-bond donors (Lipinski definition) is 3. The normalized spacial score (nSPS) is 12.5. The van der Waals surface area contributed by atoms with Crippen molar-refractivity contribution in [2.45, 2.75) is 52.2 Å². The van der Waals surface area contributed by atoms with Crippen LogP contribution < -0.4 is 5.32 Å². The van der Waals surface area contributed by atoms with Gasteiger partial charge in [0.1, 0.15) is 5.82 Å². The third-order valence-electron chi connectivity index (χ3n) is 6.31. The number of carbonyl (C=O) groups is 1. The number of carboxylic acid groups (broad SMARTS) is 1. The van der Waals surface area contributed by atoms with Gasteiger partial charge in [0.25, 0.3) is 0 Å². The number of aliphatic hydroxyl groups excluding tert-OH is 1. The molecule has 0 aliphatic rings. The van der Waals surface area contributed by atoms with E-state index in [0.717, 1.165) is 27.8 Å². The van der Waals surface area contributed by atoms with Crippen LogP contribution in [0.2, 0.25) is 0 Å². The van der Waals surface area contributed by atoms with Gasteiger partial charge in [0, 0.05) is 12.1 Å². The Morgan fingerprint density at radius 2 is 1.81 bits per heavy atom. The Labute approximate surface area is 213 Å². The molecule has 0 amide bonds. The number of carboxylic acids is 1. The first kappa shape index (κ1) is 27.5. The molecule has 192 valence electrons. The summed E-state index contributed by atoms with van der Waals surface area (Å²) in [6, 6.07) is 18.6. The Balaban J connectivity index is 1.48. The summed E-state index contributed by atoms with van der Waals surface area (Å²) in [6.07, 6.45) is 0.641. The van der Waals surface area contributed by atoms with E-state index in [1.54, 1.807) is 32.0 Å². The summed E-state index contributed by atoms with van der Waals surface area (Å²) < 4.78 is 19.6. The van der Waals surface area contributed by atoms with Crippen molar-refractivity contribution in [3.8, 4) is 11.1 Å². The monoisotopic (exact) mass is 493 g/mol. The van der Waals surface area contributed by atoms with Gasteiger partial charge in [-0.15, -0.1) is 0 Å². The first-order valence-electron chi connectivity index (χ1n) is 12.2. The molecule has 0 fully saturated rings. The Morgan fingerprint density at radius 1 is 1.06 bits per heavy atom. The average Bonchev–Trinajstić information content (AvgIpc) is 2.83. The zero-order chi connectivity index (χ0) is 26.3. The van der Waals surface area contributed by atoms with Gasteiger partial charge in [-0.05, 0) is 86.1 Å². The largest absolute Gasteiger partial charge is 0.478 e. The highest BCUT2D eigenvalue weighted by molar-refractivity contribution is 5.90. The standard InChI is InChI=1S/C30H36FNO4/c1-20-9-10-22(16-28(20)31)17-30(3,4)32-18-25(33)19-36-14-13-23-7-5-6-8-27(23)24-11-12-26(29(34)35)21(2)15-24/h5-12,15-16,25,32-33H,13-14,17-19H2,1-4H3,(H,34,35)/t25-/m1/s1. The van der Waals surface area contributed by atoms with E-state index < -0.39 is 12.1 Å². The lowest BCUT2D eigenvalue weighted by Gasteiger charge is -2.28. The van der Waals surface area contributed by atoms with Crippen LogP contribution in [0.4, 0.5) is 4.39 Å². The lowest BCUT2D eigenvalue weighted by atomic mass is 9.94. The van der Waals surface area contributed by atoms with Gasteiger partial charge in [-0.1, -0.05) is 48.5 Å². The second-order valence-electron chi connectivity index (χ2n) is 10.00. The number of aryl methyl sites for hydroxylation is 2. The number of hydrogen-bond acceptors (Lipinski definition) is 4. The van der Waals surface area contributed by atoms with E-state index in [1.165, 1.54) is 0 Å². The molecule has 0 saturated carbocycles. The van der Waals surface area contributed by atoms with Gasteiger partial charge >= 0.3 is 5.97 Å². The van der Waals surface area contributed by atoms with E-state index in [0.29, 0.717) is 37.1 Å². The second-order valence-corrected chi connectivity index (χ2v) is 10.00. The SMILES string of the molecule is Cc1ccc(CC(C)(C)NC[C@@H](O)COCCc2ccccc2-c2ccc(C(=O)O)c(C)c2)cc1F. The number of ether oxygens (including phenoxy) is 1. The van der Waals surface area contributed by atoms with E-state index in [1.807, 2.05) is 56.3 Å². The van der Waals surface area contributed by atoms with E-state index in [-0.39, 0.29) is 18.0 Å². The fourth-order valence-corrected chi connectivity index (χ4v) is 4.26. The van der Waals surface area contributed by atoms with Crippen LogP contribution in [-0.2, 0) is 17.6 Å². The average molecular weight is 494 g/mol. The minimum absolute atomic E-state index is 0.203. The maximum absolute atomic E-state index is 13.8. The van der Waals surface area contributed by atoms with Gasteiger partial charge in [-0.25, -0.2) is 9.18 Å². The summed E-state index contributed by atoms with van der Waals surface area (Å²) in [5, 5.41) is 23.0. The van der Waals surface area contributed by atoms with Crippen molar-refractivity contribution in [1.29, 1.82) is 0 Å². The molecular formula is C30H36FNO4. The van der Waals surface area contributed by atoms with Crippen LogP contribution in [-0.4, -0.2) is 47.6 Å². The molecule has 0 spiro atoms. The third kappa shape index (κ3) is 7.72. The first-order valence-corrected chi connectivity index (χ1v) is 12.2. The van der Waals surface area contributed by atoms with E-state index in [4.69, 9.17) is 4.74 Å². The first-order chi connectivity index (χ1) is 17.1. The molecule has 0 radical (unpaired) electrons. The maximum Gasteiger partial charge on any atom is 0.335 e. The molecule has 3 rings (SSSR count). The van der Waals surface area contributed by atoms with Crippen molar-refractivity contribution < 1.29 is 24.1 Å². The second kappa shape index (κ2) is 12.3. The molecule has 0 aliphatic heterocycles. The fourth-order valence-electron chi connectivity index (χ4n) is 4.26. The van der Waals surface area contributed by atoms with Crippen molar-refractivity contribution in [3.63, 3.8) is 0 Å². The van der Waals surface area contributed by atoms with Gasteiger partial charge < -0.3 is 20.3 Å². The molecule has 3 aromatic rings. The van der Waals surface area contributed by atoms with Crippen molar-refractivity contribution in [3.05, 3.63) is 94.3 Å². The van der Waals surface area contributed by atoms with E-state index in [9.17, 15) is 19.4 Å². The van der Waals surface area contributed by atoms with Crippen LogP contribution in [0.25, 0.3) is 11.1 Å². The highest BCUT2D eigenvalue weighted by Crippen LogP contribution is 2.26. The summed E-state index contributed by atoms with van der Waals surface area (Å²) in [5.74, 6) is -1.13. The van der Waals surface area contributed by atoms with Crippen LogP contribution in [0.1, 0.15) is 46.5 Å². The molecule has 5 nitrogen and oxygen atoms in total. The predicted molar refractivity (Wildman–Crippen MR) is 141 cm³/mol. The van der Waals surface area contributed by atoms with Crippen molar-refractivity contribution in [2.75, 3.05) is 19.8 Å². The van der Waals surface area contributed by atoms with Gasteiger partial charge in [0.15, 0.2) is 0 Å². The number of rotatable bonds is 12. The van der Waals surface area contributed by atoms with Gasteiger partial charge in [-0.3, -0.25) is 0 Å². The molecule has 0 saturated heterocycles. The van der Waals surface area contributed by atoms with E-state index >= 15 is 0 Å². The Kier molecular flexibility index (Phi) is 9.37. The molecular weight excluding hydrogens is 457 g/mol. The molecule has 0 bridgehead atoms. The summed E-state index contributed by atoms with van der Waals surface area (Å²) in [7, 11) is 0. The van der Waals surface area contributed by atoms with Crippen LogP contribution in [0.15, 0.2) is 60.7 Å². The zero-order valence-electron chi connectivity index (χ0n) is 21.5. The number of aromatic carboxylic acids is 1. The van der Waals surface area contributed by atoms with E-state index in [2.05, 4.69) is 5.32 Å². The Bertz CT molecular complexity index is 1190. The fraction of sp³-hybridized carbons (Fsp3) is 0.367. The Morgan fingerprint density at radius 3 is 2.50 bits per heavy atom. The third-order valence-corrected chi connectivity index (χ3v) is 6.31. The summed E-state index contributed by atoms with van der Waals surface area (Å²) >= 11 is 0. The minimum Gasteiger partial charge on any atom is -0.478 e. The molecule has 0 aliphatic carbocycles. The highest BCUT2D eigenvalue weighted by atomic mass is 19.1. The smallest absolute Gasteiger partial charge is 0.335 e. The lowest BCUT2D eigenvalue weighted by molar-refractivity contribution is 0.0349. The minimum atomic E-state index is -0.929. The van der Waals surface area contributed by atoms with Crippen molar-refractivity contribution in [1.82, 2.24) is 5.32 Å². The molecule has 6 heteroatoms. The summed E-state index contributed by atoms with van der Waals surface area (Å²) in [4.78, 5) is 11.3. The lowest BCUT2D eigenvalue weighted by Crippen LogP contribution is -2.46. The Hall–Kier alpha value is -3.06. The van der Waals surface area contributed by atoms with Crippen LogP contribution in [0.3, 0.4) is 0 Å². The van der Waals surface area contributed by atoms with Crippen molar-refractivity contribution >= 4 is 5.97 Å². The van der Waals surface area contributed by atoms with Gasteiger partial charge in [0.2, 0.25) is 0 Å². The van der Waals surface area contributed by atoms with Crippen LogP contribution >= 0.6 is 0 Å². The summed E-state index contributed by atoms with van der Waals surface area (Å²) in [5.41, 5.74) is 5.35. The van der Waals surface area contributed by atoms with Gasteiger partial charge in [-0.2, -0.15) is 0 Å². The highest BCUT2D eigenvalue weighted by Gasteiger charge is 2.20. The molecule has 36 heavy (non-hydrogen) atoms. The molecule has 0 aromatic heterocycles. The topological polar surface area (TPSA) is 78.8 Å².